The number of aromatic amines is 1. The Kier molecular flexibility index (Phi) is 7.43. The Hall–Kier alpha value is -3.52. The molecule has 0 saturated carbocycles. The van der Waals surface area contributed by atoms with Crippen molar-refractivity contribution in [2.75, 3.05) is 11.9 Å². The number of nitrogens with zero attached hydrogens (tertiary/aromatic N) is 1. The van der Waals surface area contributed by atoms with Crippen molar-refractivity contribution in [1.82, 2.24) is 9.97 Å². The minimum atomic E-state index is -1.28. The van der Waals surface area contributed by atoms with Crippen molar-refractivity contribution in [3.63, 3.8) is 0 Å². The van der Waals surface area contributed by atoms with Crippen molar-refractivity contribution in [1.29, 1.82) is 5.41 Å². The van der Waals surface area contributed by atoms with E-state index in [1.807, 2.05) is 19.9 Å². The van der Waals surface area contributed by atoms with Crippen molar-refractivity contribution >= 4 is 29.9 Å². The molecule has 0 amide bonds. The van der Waals surface area contributed by atoms with Gasteiger partial charge in [0, 0.05) is 16.8 Å². The molecule has 0 radical (unpaired) electrons. The number of halogens is 1. The maximum absolute atomic E-state index is 11.9. The lowest BCUT2D eigenvalue weighted by Gasteiger charge is -2.23. The average Bonchev–Trinajstić information content (AvgIpc) is 3.12. The standard InChI is InChI=1S/C21H23N5O3.ClH/c1-3-29-17-9-14(18-11-24-12(2)25-18)8-15(10-17)19(21(27)28)26-16-6-4-13(5-7-16)20(22)23;/h4-11,19,26H,3H2,1-2H3,(H3,22,23)(H,24,25)(H,27,28);1H/p-1. The number of imidazole rings is 1. The Bertz CT molecular complexity index is 1030. The summed E-state index contributed by atoms with van der Waals surface area (Å²) >= 11 is 0. The number of nitrogen functional groups attached to an aromatic ring is 1. The molecule has 5 N–H and O–H groups in total. The fourth-order valence-corrected chi connectivity index (χ4v) is 2.95. The number of H-pyrrole nitrogens is 1. The fraction of sp³-hybridized carbons (Fsp3) is 0.190. The molecule has 2 aromatic carbocycles. The van der Waals surface area contributed by atoms with Crippen LogP contribution in [0.5, 0.6) is 5.75 Å². The number of benzene rings is 2. The predicted molar refractivity (Wildman–Crippen MR) is 116 cm³/mol. The third-order valence-corrected chi connectivity index (χ3v) is 4.33. The second-order valence-electron chi connectivity index (χ2n) is 6.49. The molecule has 9 heteroatoms. The summed E-state index contributed by atoms with van der Waals surface area (Å²) in [6.45, 7) is 4.14. The van der Waals surface area contributed by atoms with E-state index >= 15 is 0 Å². The van der Waals surface area contributed by atoms with Gasteiger partial charge in [-0.2, -0.15) is 0 Å². The number of rotatable bonds is 8. The van der Waals surface area contributed by atoms with Crippen LogP contribution in [0.2, 0.25) is 0 Å². The van der Waals surface area contributed by atoms with Crippen LogP contribution in [0.3, 0.4) is 0 Å². The van der Waals surface area contributed by atoms with Gasteiger partial charge in [0.05, 0.1) is 30.5 Å². The van der Waals surface area contributed by atoms with E-state index in [4.69, 9.17) is 15.9 Å². The first-order valence-electron chi connectivity index (χ1n) is 9.09. The summed E-state index contributed by atoms with van der Waals surface area (Å²) in [5.74, 6) is -0.0336. The number of carboxylic acids is 1. The van der Waals surface area contributed by atoms with Crippen LogP contribution in [0.1, 0.15) is 29.9 Å². The molecule has 158 valence electrons. The number of nitrogens with two attached hydrogens (primary N) is 1. The van der Waals surface area contributed by atoms with E-state index in [1.165, 1.54) is 0 Å². The minimum absolute atomic E-state index is 0. The highest BCUT2D eigenvalue weighted by Gasteiger charge is 2.16. The van der Waals surface area contributed by atoms with Gasteiger partial charge in [-0.05, 0) is 61.9 Å². The molecule has 0 aliphatic heterocycles. The SMILES string of the molecule is CCOc1cc(-c2cnc(C)[nH]2)cc(C(Nc2ccc(C(=N)N)cc2)C(=O)[O-])c1.Cl. The maximum atomic E-state index is 11.9. The van der Waals surface area contributed by atoms with Gasteiger partial charge in [-0.15, -0.1) is 12.4 Å². The summed E-state index contributed by atoms with van der Waals surface area (Å²) < 4.78 is 5.62. The Morgan fingerprint density at radius 3 is 2.53 bits per heavy atom. The number of hydrogen-bond acceptors (Lipinski definition) is 6. The van der Waals surface area contributed by atoms with Crippen LogP contribution in [0.25, 0.3) is 11.3 Å². The van der Waals surface area contributed by atoms with Gasteiger partial charge in [0.1, 0.15) is 17.4 Å². The van der Waals surface area contributed by atoms with Gasteiger partial charge < -0.3 is 30.7 Å². The molecule has 0 saturated heterocycles. The summed E-state index contributed by atoms with van der Waals surface area (Å²) in [5, 5.41) is 22.3. The quantitative estimate of drug-likeness (QED) is 0.321. The van der Waals surface area contributed by atoms with Crippen molar-refractivity contribution in [2.45, 2.75) is 19.9 Å². The first-order chi connectivity index (χ1) is 13.9. The first kappa shape index (κ1) is 22.8. The number of amidine groups is 1. The highest BCUT2D eigenvalue weighted by atomic mass is 35.5. The smallest absolute Gasteiger partial charge is 0.122 e. The molecule has 3 aromatic rings. The molecule has 0 aliphatic carbocycles. The minimum Gasteiger partial charge on any atom is -0.548 e. The molecule has 1 aromatic heterocycles. The predicted octanol–water partition coefficient (Wildman–Crippen LogP) is 2.39. The van der Waals surface area contributed by atoms with Crippen molar-refractivity contribution in [2.24, 2.45) is 5.73 Å². The lowest BCUT2D eigenvalue weighted by Crippen LogP contribution is -2.34. The molecule has 0 spiro atoms. The van der Waals surface area contributed by atoms with E-state index in [2.05, 4.69) is 15.3 Å². The van der Waals surface area contributed by atoms with Crippen LogP contribution in [0, 0.1) is 12.3 Å². The average molecular weight is 429 g/mol. The molecule has 30 heavy (non-hydrogen) atoms. The van der Waals surface area contributed by atoms with Gasteiger partial charge in [-0.1, -0.05) is 0 Å². The van der Waals surface area contributed by atoms with Crippen LogP contribution < -0.4 is 20.9 Å². The normalized spacial score (nSPS) is 11.3. The van der Waals surface area contributed by atoms with E-state index in [0.29, 0.717) is 29.2 Å². The zero-order valence-electron chi connectivity index (χ0n) is 16.6. The van der Waals surface area contributed by atoms with E-state index < -0.39 is 12.0 Å². The monoisotopic (exact) mass is 428 g/mol. The maximum Gasteiger partial charge on any atom is 0.122 e. The van der Waals surface area contributed by atoms with Gasteiger partial charge in [0.15, 0.2) is 0 Å². The molecular weight excluding hydrogens is 406 g/mol. The lowest BCUT2D eigenvalue weighted by molar-refractivity contribution is -0.307. The number of carbonyl (C=O) groups is 1. The van der Waals surface area contributed by atoms with E-state index in [-0.39, 0.29) is 18.2 Å². The largest absolute Gasteiger partial charge is 0.548 e. The van der Waals surface area contributed by atoms with Gasteiger partial charge in [0.2, 0.25) is 0 Å². The molecule has 1 unspecified atom stereocenters. The molecule has 1 heterocycles. The van der Waals surface area contributed by atoms with Gasteiger partial charge >= 0.3 is 0 Å². The number of anilines is 1. The van der Waals surface area contributed by atoms with Gasteiger partial charge in [-0.25, -0.2) is 4.98 Å². The Morgan fingerprint density at radius 1 is 1.30 bits per heavy atom. The summed E-state index contributed by atoms with van der Waals surface area (Å²) in [5.41, 5.74) is 8.57. The molecule has 0 fully saturated rings. The Morgan fingerprint density at radius 2 is 2.00 bits per heavy atom. The number of nitrogens with one attached hydrogen (secondary N) is 3. The topological polar surface area (TPSA) is 140 Å². The Balaban J connectivity index is 0.00000320. The summed E-state index contributed by atoms with van der Waals surface area (Å²) in [4.78, 5) is 19.3. The van der Waals surface area contributed by atoms with E-state index in [9.17, 15) is 9.90 Å². The lowest BCUT2D eigenvalue weighted by atomic mass is 10.0. The van der Waals surface area contributed by atoms with Crippen LogP contribution in [0.4, 0.5) is 5.69 Å². The molecule has 0 aliphatic rings. The summed E-state index contributed by atoms with van der Waals surface area (Å²) in [6, 6.07) is 10.8. The number of aliphatic carboxylic acids is 1. The van der Waals surface area contributed by atoms with Crippen LogP contribution >= 0.6 is 12.4 Å². The number of aryl methyl sites for hydroxylation is 1. The third kappa shape index (κ3) is 5.30. The highest BCUT2D eigenvalue weighted by molar-refractivity contribution is 5.95. The summed E-state index contributed by atoms with van der Waals surface area (Å²) in [7, 11) is 0. The molecule has 0 bridgehead atoms. The number of aromatic nitrogens is 2. The highest BCUT2D eigenvalue weighted by Crippen LogP contribution is 2.30. The molecular formula is C21H23ClN5O3-. The van der Waals surface area contributed by atoms with Crippen molar-refractivity contribution in [3.8, 4) is 17.0 Å². The molecule has 3 rings (SSSR count). The number of carboxylic acid groups (broad SMARTS) is 1. The van der Waals surface area contributed by atoms with Crippen LogP contribution in [-0.4, -0.2) is 28.4 Å². The van der Waals surface area contributed by atoms with Gasteiger partial charge in [-0.3, -0.25) is 5.41 Å². The van der Waals surface area contributed by atoms with Crippen molar-refractivity contribution < 1.29 is 14.6 Å². The number of ether oxygens (including phenoxy) is 1. The fourth-order valence-electron chi connectivity index (χ4n) is 2.95. The number of hydrogen-bond donors (Lipinski definition) is 4. The van der Waals surface area contributed by atoms with E-state index in [0.717, 1.165) is 17.1 Å². The van der Waals surface area contributed by atoms with Crippen LogP contribution in [0.15, 0.2) is 48.7 Å². The number of carbonyl (C=O) groups excluding carboxylic acids is 1. The first-order valence-corrected chi connectivity index (χ1v) is 9.09. The van der Waals surface area contributed by atoms with Gasteiger partial charge in [0.25, 0.3) is 0 Å². The second kappa shape index (κ2) is 9.80. The third-order valence-electron chi connectivity index (χ3n) is 4.33. The zero-order chi connectivity index (χ0) is 21.0. The Labute approximate surface area is 180 Å². The zero-order valence-corrected chi connectivity index (χ0v) is 17.4. The molecule has 1 atom stereocenters. The molecule has 8 nitrogen and oxygen atoms in total. The van der Waals surface area contributed by atoms with Crippen molar-refractivity contribution in [3.05, 3.63) is 65.6 Å². The summed E-state index contributed by atoms with van der Waals surface area (Å²) in [6.07, 6.45) is 1.69. The van der Waals surface area contributed by atoms with Crippen LogP contribution in [-0.2, 0) is 4.79 Å². The van der Waals surface area contributed by atoms with E-state index in [1.54, 1.807) is 42.6 Å². The second-order valence-corrected chi connectivity index (χ2v) is 6.49.